The van der Waals surface area contributed by atoms with E-state index in [0.29, 0.717) is 33.8 Å². The van der Waals surface area contributed by atoms with Crippen molar-refractivity contribution in [3.05, 3.63) is 76.5 Å². The monoisotopic (exact) mass is 416 g/mol. The maximum Gasteiger partial charge on any atom is 0.338 e. The molecule has 6 nitrogen and oxygen atoms in total. The minimum Gasteiger partial charge on any atom is -0.486 e. The predicted molar refractivity (Wildman–Crippen MR) is 117 cm³/mol. The normalized spacial score (nSPS) is 10.9. The summed E-state index contributed by atoms with van der Waals surface area (Å²) in [5, 5.41) is 0.734. The molecule has 6 heteroatoms. The number of ketones is 1. The van der Waals surface area contributed by atoms with E-state index in [2.05, 4.69) is 0 Å². The molecule has 0 bridgehead atoms. The Kier molecular flexibility index (Phi) is 5.54. The third-order valence-electron chi connectivity index (χ3n) is 4.80. The Morgan fingerprint density at radius 3 is 2.55 bits per heavy atom. The molecule has 2 aromatic rings. The largest absolute Gasteiger partial charge is 0.486 e. The van der Waals surface area contributed by atoms with Gasteiger partial charge in [-0.05, 0) is 49.7 Å². The lowest BCUT2D eigenvalue weighted by atomic mass is 9.91. The lowest BCUT2D eigenvalue weighted by molar-refractivity contribution is -0.118. The molecule has 0 atom stereocenters. The van der Waals surface area contributed by atoms with Gasteiger partial charge in [0.05, 0.1) is 12.2 Å². The van der Waals surface area contributed by atoms with Crippen LogP contribution in [0.3, 0.4) is 0 Å². The Morgan fingerprint density at radius 2 is 1.77 bits per heavy atom. The van der Waals surface area contributed by atoms with Crippen LogP contribution in [0.5, 0.6) is 5.75 Å². The van der Waals surface area contributed by atoms with E-state index in [1.165, 1.54) is 19.1 Å². The smallest absolute Gasteiger partial charge is 0.338 e. The van der Waals surface area contributed by atoms with Crippen molar-refractivity contribution in [2.24, 2.45) is 0 Å². The zero-order chi connectivity index (χ0) is 22.0. The van der Waals surface area contributed by atoms with Crippen LogP contribution in [-0.2, 0) is 9.53 Å². The fourth-order valence-corrected chi connectivity index (χ4v) is 3.50. The highest BCUT2D eigenvalue weighted by molar-refractivity contribution is 6.07. The molecule has 156 valence electrons. The van der Waals surface area contributed by atoms with Gasteiger partial charge in [-0.15, -0.1) is 0 Å². The first-order valence-electron chi connectivity index (χ1n) is 9.87. The molecule has 1 heterocycles. The highest BCUT2D eigenvalue weighted by Gasteiger charge is 2.22. The Hall–Kier alpha value is -3.93. The molecule has 0 saturated heterocycles. The van der Waals surface area contributed by atoms with Crippen molar-refractivity contribution < 1.29 is 23.5 Å². The Balaban J connectivity index is 2.01. The highest BCUT2D eigenvalue weighted by atomic mass is 16.5. The van der Waals surface area contributed by atoms with Crippen molar-refractivity contribution in [1.82, 2.24) is 0 Å². The van der Waals surface area contributed by atoms with Gasteiger partial charge in [0.25, 0.3) is 0 Å². The van der Waals surface area contributed by atoms with Gasteiger partial charge in [0.2, 0.25) is 0 Å². The van der Waals surface area contributed by atoms with Crippen molar-refractivity contribution >= 4 is 22.7 Å². The summed E-state index contributed by atoms with van der Waals surface area (Å²) in [6, 6.07) is 17.0. The van der Waals surface area contributed by atoms with Crippen molar-refractivity contribution in [3.8, 4) is 28.2 Å². The molecule has 4 rings (SSSR count). The topological polar surface area (TPSA) is 82.8 Å². The molecule has 0 amide bonds. The minimum atomic E-state index is -0.429. The summed E-state index contributed by atoms with van der Waals surface area (Å²) in [4.78, 5) is 35.9. The van der Waals surface area contributed by atoms with Gasteiger partial charge >= 0.3 is 5.97 Å². The predicted octanol–water partition coefficient (Wildman–Crippen LogP) is 4.71. The molecule has 0 radical (unpaired) electrons. The molecule has 2 aromatic carbocycles. The number of Topliss-reactive ketones (excluding diaryl/α,β-unsaturated/α-hetero) is 1. The second-order valence-corrected chi connectivity index (χ2v) is 7.05. The molecule has 0 spiro atoms. The summed E-state index contributed by atoms with van der Waals surface area (Å²) >= 11 is 0. The summed E-state index contributed by atoms with van der Waals surface area (Å²) in [6.07, 6.45) is 0. The highest BCUT2D eigenvalue weighted by Crippen LogP contribution is 2.42. The molecule has 31 heavy (non-hydrogen) atoms. The Bertz CT molecular complexity index is 1320. The first-order valence-corrected chi connectivity index (χ1v) is 9.87. The van der Waals surface area contributed by atoms with Crippen LogP contribution in [0.25, 0.3) is 33.4 Å². The second kappa shape index (κ2) is 8.44. The van der Waals surface area contributed by atoms with Gasteiger partial charge in [0, 0.05) is 28.6 Å². The molecular formula is C25H20O6. The van der Waals surface area contributed by atoms with E-state index in [1.807, 2.05) is 18.2 Å². The van der Waals surface area contributed by atoms with Gasteiger partial charge in [0.1, 0.15) is 23.7 Å². The number of esters is 1. The maximum atomic E-state index is 12.6. The van der Waals surface area contributed by atoms with Gasteiger partial charge in [-0.25, -0.2) is 4.79 Å². The van der Waals surface area contributed by atoms with Crippen molar-refractivity contribution in [1.29, 1.82) is 0 Å². The van der Waals surface area contributed by atoms with Gasteiger partial charge in [-0.1, -0.05) is 18.2 Å². The van der Waals surface area contributed by atoms with E-state index in [9.17, 15) is 14.4 Å². The van der Waals surface area contributed by atoms with Gasteiger partial charge in [0.15, 0.2) is 11.2 Å². The van der Waals surface area contributed by atoms with Crippen molar-refractivity contribution in [3.63, 3.8) is 0 Å². The molecule has 1 aliphatic heterocycles. The molecule has 1 aliphatic carbocycles. The van der Waals surface area contributed by atoms with Gasteiger partial charge < -0.3 is 13.9 Å². The average Bonchev–Trinajstić information content (AvgIpc) is 2.76. The van der Waals surface area contributed by atoms with Crippen molar-refractivity contribution in [2.45, 2.75) is 13.8 Å². The summed E-state index contributed by atoms with van der Waals surface area (Å²) < 4.78 is 16.8. The lowest BCUT2D eigenvalue weighted by Crippen LogP contribution is -2.08. The number of carbonyl (C=O) groups excluding carboxylic acids is 2. The zero-order valence-corrected chi connectivity index (χ0v) is 17.1. The van der Waals surface area contributed by atoms with Crippen LogP contribution in [0.15, 0.2) is 69.9 Å². The molecule has 0 N–H and O–H groups in total. The summed E-state index contributed by atoms with van der Waals surface area (Å²) in [5.41, 5.74) is 2.81. The fourth-order valence-electron chi connectivity index (χ4n) is 3.50. The van der Waals surface area contributed by atoms with E-state index in [1.54, 1.807) is 37.3 Å². The Labute approximate surface area is 178 Å². The van der Waals surface area contributed by atoms with Gasteiger partial charge in [-0.2, -0.15) is 0 Å². The molecule has 0 fully saturated rings. The summed E-state index contributed by atoms with van der Waals surface area (Å²) in [6.45, 7) is 3.40. The van der Waals surface area contributed by atoms with Gasteiger partial charge in [-0.3, -0.25) is 9.59 Å². The van der Waals surface area contributed by atoms with Crippen LogP contribution in [-0.4, -0.2) is 25.0 Å². The minimum absolute atomic E-state index is 0.0532. The van der Waals surface area contributed by atoms with E-state index >= 15 is 0 Å². The lowest BCUT2D eigenvalue weighted by Gasteiger charge is -2.17. The van der Waals surface area contributed by atoms with Crippen LogP contribution in [0.1, 0.15) is 24.2 Å². The molecule has 0 unspecified atom stereocenters. The molecule has 0 saturated carbocycles. The zero-order valence-electron chi connectivity index (χ0n) is 17.1. The maximum absolute atomic E-state index is 12.6. The van der Waals surface area contributed by atoms with E-state index in [4.69, 9.17) is 13.9 Å². The standard InChI is InChI=1S/C25H20O6/c1-3-29-25(28)19-7-5-4-6-18(19)24-20-10-8-16(27)12-22(20)31-23-13-17(9-11-21(23)24)30-14-15(2)26/h4-13H,3,14H2,1-2H3. The fraction of sp³-hybridized carbons (Fsp3) is 0.160. The molecule has 2 aliphatic rings. The first kappa shape index (κ1) is 20.3. The van der Waals surface area contributed by atoms with Crippen LogP contribution in [0.4, 0.5) is 0 Å². The summed E-state index contributed by atoms with van der Waals surface area (Å²) in [5.74, 6) is 0.323. The third-order valence-corrected chi connectivity index (χ3v) is 4.80. The first-order chi connectivity index (χ1) is 15.0. The van der Waals surface area contributed by atoms with Crippen molar-refractivity contribution in [2.75, 3.05) is 13.2 Å². The van der Waals surface area contributed by atoms with E-state index < -0.39 is 5.97 Å². The van der Waals surface area contributed by atoms with E-state index in [-0.39, 0.29) is 24.4 Å². The number of benzene rings is 3. The number of rotatable bonds is 6. The SMILES string of the molecule is CCOC(=O)c1ccccc1-c1c2ccc(=O)cc-2oc2cc(OCC(C)=O)ccc12. The number of carbonyl (C=O) groups is 2. The number of fused-ring (bicyclic) bond motifs is 2. The quantitative estimate of drug-likeness (QED) is 0.334. The third kappa shape index (κ3) is 4.05. The van der Waals surface area contributed by atoms with Crippen LogP contribution in [0, 0.1) is 0 Å². The number of ether oxygens (including phenoxy) is 2. The molecular weight excluding hydrogens is 396 g/mol. The van der Waals surface area contributed by atoms with E-state index in [0.717, 1.165) is 10.9 Å². The van der Waals surface area contributed by atoms with Crippen LogP contribution >= 0.6 is 0 Å². The Morgan fingerprint density at radius 1 is 0.968 bits per heavy atom. The van der Waals surface area contributed by atoms with Crippen LogP contribution < -0.4 is 10.2 Å². The molecule has 0 aromatic heterocycles. The summed E-state index contributed by atoms with van der Waals surface area (Å²) in [7, 11) is 0. The van der Waals surface area contributed by atoms with Crippen LogP contribution in [0.2, 0.25) is 0 Å². The average molecular weight is 416 g/mol. The number of hydrogen-bond donors (Lipinski definition) is 0. The number of hydrogen-bond acceptors (Lipinski definition) is 6. The second-order valence-electron chi connectivity index (χ2n) is 7.05.